The van der Waals surface area contributed by atoms with E-state index >= 15 is 0 Å². The van der Waals surface area contributed by atoms with E-state index in [-0.39, 0.29) is 5.91 Å². The van der Waals surface area contributed by atoms with Crippen LogP contribution >= 0.6 is 0 Å². The molecule has 1 amide bonds. The van der Waals surface area contributed by atoms with Crippen LogP contribution in [0, 0.1) is 0 Å². The summed E-state index contributed by atoms with van der Waals surface area (Å²) in [5, 5.41) is 2.92. The number of nitrogens with zero attached hydrogens (tertiary/aromatic N) is 2. The van der Waals surface area contributed by atoms with Crippen molar-refractivity contribution in [1.82, 2.24) is 4.98 Å². The predicted molar refractivity (Wildman–Crippen MR) is 114 cm³/mol. The van der Waals surface area contributed by atoms with E-state index in [0.29, 0.717) is 41.7 Å². The molecular formula is C23H21N3O4. The van der Waals surface area contributed by atoms with Crippen molar-refractivity contribution in [3.63, 3.8) is 0 Å². The summed E-state index contributed by atoms with van der Waals surface area (Å²) >= 11 is 0. The number of rotatable bonds is 3. The number of nitrogens with one attached hydrogen (secondary N) is 1. The third kappa shape index (κ3) is 3.44. The summed E-state index contributed by atoms with van der Waals surface area (Å²) in [5.41, 5.74) is 2.97. The molecule has 1 fully saturated rings. The number of hydrogen-bond acceptors (Lipinski definition) is 6. The van der Waals surface area contributed by atoms with Crippen molar-refractivity contribution in [2.45, 2.75) is 0 Å². The molecule has 0 bridgehead atoms. The summed E-state index contributed by atoms with van der Waals surface area (Å²) in [6, 6.07) is 15.0. The highest BCUT2D eigenvalue weighted by Gasteiger charge is 2.22. The van der Waals surface area contributed by atoms with Gasteiger partial charge in [0.05, 0.1) is 31.6 Å². The maximum atomic E-state index is 12.9. The van der Waals surface area contributed by atoms with Crippen LogP contribution in [-0.4, -0.2) is 44.3 Å². The number of methoxy groups -OCH3 is 1. The molecule has 0 saturated carbocycles. The molecule has 0 unspecified atom stereocenters. The summed E-state index contributed by atoms with van der Waals surface area (Å²) in [6.45, 7) is 3.04. The molecular weight excluding hydrogens is 382 g/mol. The molecule has 7 heteroatoms. The number of anilines is 2. The van der Waals surface area contributed by atoms with Gasteiger partial charge >= 0.3 is 0 Å². The second-order valence-corrected chi connectivity index (χ2v) is 7.13. The van der Waals surface area contributed by atoms with Crippen molar-refractivity contribution in [1.29, 1.82) is 0 Å². The number of benzene rings is 2. The fraction of sp³-hybridized carbons (Fsp3) is 0.217. The molecule has 0 spiro atoms. The van der Waals surface area contributed by atoms with Crippen LogP contribution in [0.25, 0.3) is 11.1 Å². The molecule has 2 aliphatic rings. The van der Waals surface area contributed by atoms with Gasteiger partial charge in [0.25, 0.3) is 5.91 Å². The van der Waals surface area contributed by atoms with Gasteiger partial charge in [-0.3, -0.25) is 4.79 Å². The molecule has 30 heavy (non-hydrogen) atoms. The molecule has 1 N–H and O–H groups in total. The Morgan fingerprint density at radius 1 is 1.00 bits per heavy atom. The Labute approximate surface area is 174 Å². The number of carbonyl (C=O) groups is 1. The van der Waals surface area contributed by atoms with Gasteiger partial charge in [-0.2, -0.15) is 0 Å². The Hall–Kier alpha value is -3.58. The molecule has 3 aromatic rings. The lowest BCUT2D eigenvalue weighted by Gasteiger charge is -2.28. The molecule has 1 saturated heterocycles. The van der Waals surface area contributed by atoms with Gasteiger partial charge < -0.3 is 24.4 Å². The zero-order valence-corrected chi connectivity index (χ0v) is 16.6. The van der Waals surface area contributed by atoms with E-state index in [1.54, 1.807) is 31.5 Å². The van der Waals surface area contributed by atoms with E-state index in [1.165, 1.54) is 0 Å². The van der Waals surface area contributed by atoms with Gasteiger partial charge in [0.2, 0.25) is 0 Å². The Bertz CT molecular complexity index is 1110. The average molecular weight is 403 g/mol. The first-order chi connectivity index (χ1) is 14.7. The molecule has 0 atom stereocenters. The topological polar surface area (TPSA) is 72.9 Å². The monoisotopic (exact) mass is 403 g/mol. The van der Waals surface area contributed by atoms with E-state index in [4.69, 9.17) is 14.2 Å². The van der Waals surface area contributed by atoms with Crippen molar-refractivity contribution in [3.8, 4) is 28.4 Å². The highest BCUT2D eigenvalue weighted by Crippen LogP contribution is 2.39. The van der Waals surface area contributed by atoms with Gasteiger partial charge in [-0.05, 0) is 47.5 Å². The Balaban J connectivity index is 1.48. The van der Waals surface area contributed by atoms with Crippen LogP contribution in [-0.2, 0) is 4.74 Å². The molecule has 5 rings (SSSR count). The van der Waals surface area contributed by atoms with Crippen molar-refractivity contribution in [2.24, 2.45) is 0 Å². The Morgan fingerprint density at radius 2 is 1.80 bits per heavy atom. The van der Waals surface area contributed by atoms with E-state index in [9.17, 15) is 4.79 Å². The molecule has 2 aliphatic heterocycles. The van der Waals surface area contributed by atoms with Gasteiger partial charge in [-0.25, -0.2) is 4.98 Å². The fourth-order valence-electron chi connectivity index (χ4n) is 3.67. The number of amides is 1. The zero-order chi connectivity index (χ0) is 20.5. The standard InChI is InChI=1S/C23H21N3O4/c1-28-17-3-5-21-19(14-17)25-23(27)18-12-15(2-4-20(18)30-21)16-6-7-24-22(13-16)26-8-10-29-11-9-26/h2-7,12-14H,8-11H2,1H3,(H,25,27). The summed E-state index contributed by atoms with van der Waals surface area (Å²) in [4.78, 5) is 19.6. The number of morpholine rings is 1. The first-order valence-electron chi connectivity index (χ1n) is 9.82. The number of carbonyl (C=O) groups excluding carboxylic acids is 1. The first-order valence-corrected chi connectivity index (χ1v) is 9.82. The fourth-order valence-corrected chi connectivity index (χ4v) is 3.67. The van der Waals surface area contributed by atoms with Crippen LogP contribution in [0.3, 0.4) is 0 Å². The maximum absolute atomic E-state index is 12.9. The smallest absolute Gasteiger partial charge is 0.259 e. The van der Waals surface area contributed by atoms with Crippen molar-refractivity contribution in [3.05, 3.63) is 60.3 Å². The van der Waals surface area contributed by atoms with Gasteiger partial charge in [0.1, 0.15) is 17.3 Å². The quantitative estimate of drug-likeness (QED) is 0.714. The highest BCUT2D eigenvalue weighted by atomic mass is 16.5. The lowest BCUT2D eigenvalue weighted by Crippen LogP contribution is -2.36. The van der Waals surface area contributed by atoms with Crippen molar-refractivity contribution in [2.75, 3.05) is 43.6 Å². The lowest BCUT2D eigenvalue weighted by atomic mass is 10.0. The summed E-state index contributed by atoms with van der Waals surface area (Å²) in [5.74, 6) is 2.43. The molecule has 3 heterocycles. The summed E-state index contributed by atoms with van der Waals surface area (Å²) < 4.78 is 16.7. The van der Waals surface area contributed by atoms with E-state index in [1.807, 2.05) is 30.3 Å². The molecule has 1 aromatic heterocycles. The molecule has 0 aliphatic carbocycles. The van der Waals surface area contributed by atoms with Crippen molar-refractivity contribution < 1.29 is 19.0 Å². The van der Waals surface area contributed by atoms with Crippen LogP contribution in [0.15, 0.2) is 54.7 Å². The average Bonchev–Trinajstić information content (AvgIpc) is 2.94. The van der Waals surface area contributed by atoms with Gasteiger partial charge in [-0.1, -0.05) is 6.07 Å². The van der Waals surface area contributed by atoms with Crippen LogP contribution in [0.2, 0.25) is 0 Å². The molecule has 152 valence electrons. The minimum Gasteiger partial charge on any atom is -0.497 e. The minimum atomic E-state index is -0.221. The lowest BCUT2D eigenvalue weighted by molar-refractivity contribution is 0.102. The molecule has 7 nitrogen and oxygen atoms in total. The van der Waals surface area contributed by atoms with Crippen molar-refractivity contribution >= 4 is 17.4 Å². The van der Waals surface area contributed by atoms with E-state index in [0.717, 1.165) is 30.0 Å². The highest BCUT2D eigenvalue weighted by molar-refractivity contribution is 6.08. The molecule has 0 radical (unpaired) electrons. The van der Waals surface area contributed by atoms with E-state index < -0.39 is 0 Å². The van der Waals surface area contributed by atoms with Crippen LogP contribution in [0.4, 0.5) is 11.5 Å². The SMILES string of the molecule is COc1ccc2c(c1)NC(=O)c1cc(-c3ccnc(N4CCOCC4)c3)ccc1O2. The second-order valence-electron chi connectivity index (χ2n) is 7.13. The zero-order valence-electron chi connectivity index (χ0n) is 16.6. The number of ether oxygens (including phenoxy) is 3. The third-order valence-corrected chi connectivity index (χ3v) is 5.29. The van der Waals surface area contributed by atoms with Crippen LogP contribution < -0.4 is 19.7 Å². The Kier molecular flexibility index (Phi) is 4.72. The van der Waals surface area contributed by atoms with Gasteiger partial charge in [0.15, 0.2) is 5.75 Å². The normalized spacial score (nSPS) is 15.4. The minimum absolute atomic E-state index is 0.221. The number of fused-ring (bicyclic) bond motifs is 2. The number of pyridine rings is 1. The van der Waals surface area contributed by atoms with Crippen LogP contribution in [0.5, 0.6) is 17.2 Å². The number of aromatic nitrogens is 1. The van der Waals surface area contributed by atoms with Crippen LogP contribution in [0.1, 0.15) is 10.4 Å². The van der Waals surface area contributed by atoms with E-state index in [2.05, 4.69) is 15.2 Å². The Morgan fingerprint density at radius 3 is 2.63 bits per heavy atom. The third-order valence-electron chi connectivity index (χ3n) is 5.29. The van der Waals surface area contributed by atoms with Gasteiger partial charge in [-0.15, -0.1) is 0 Å². The largest absolute Gasteiger partial charge is 0.497 e. The first kappa shape index (κ1) is 18.4. The second kappa shape index (κ2) is 7.68. The number of hydrogen-bond donors (Lipinski definition) is 1. The van der Waals surface area contributed by atoms with Gasteiger partial charge in [0, 0.05) is 25.4 Å². The molecule has 2 aromatic carbocycles. The summed E-state index contributed by atoms with van der Waals surface area (Å²) in [7, 11) is 1.59. The maximum Gasteiger partial charge on any atom is 0.259 e. The predicted octanol–water partition coefficient (Wildman–Crippen LogP) is 3.95. The summed E-state index contributed by atoms with van der Waals surface area (Å²) in [6.07, 6.45) is 1.80.